The number of allylic oxidation sites excluding steroid dienone is 1. The monoisotopic (exact) mass is 538 g/mol. The predicted molar refractivity (Wildman–Crippen MR) is 142 cm³/mol. The summed E-state index contributed by atoms with van der Waals surface area (Å²) < 4.78 is 41.8. The number of hydrogen-bond acceptors (Lipinski definition) is 6. The molecule has 1 aromatic carbocycles. The highest BCUT2D eigenvalue weighted by atomic mass is 19.4. The van der Waals surface area contributed by atoms with Crippen LogP contribution in [-0.4, -0.2) is 51.0 Å². The number of fused-ring (bicyclic) bond motifs is 1. The van der Waals surface area contributed by atoms with Crippen LogP contribution in [0.3, 0.4) is 0 Å². The number of aromatic nitrogens is 3. The minimum absolute atomic E-state index is 0.0165. The van der Waals surface area contributed by atoms with Gasteiger partial charge >= 0.3 is 6.18 Å². The molecule has 1 amide bonds. The van der Waals surface area contributed by atoms with Gasteiger partial charge in [0.05, 0.1) is 25.0 Å². The second kappa shape index (κ2) is 10.6. The Kier molecular flexibility index (Phi) is 7.24. The average molecular weight is 539 g/mol. The Balaban J connectivity index is 1.28. The van der Waals surface area contributed by atoms with Gasteiger partial charge < -0.3 is 10.6 Å². The molecule has 0 saturated heterocycles. The molecule has 11 heteroatoms. The van der Waals surface area contributed by atoms with Crippen molar-refractivity contribution in [2.45, 2.75) is 45.7 Å². The molecule has 0 spiro atoms. The molecule has 8 nitrogen and oxygen atoms in total. The van der Waals surface area contributed by atoms with Gasteiger partial charge in [0.25, 0.3) is 5.91 Å². The van der Waals surface area contributed by atoms with E-state index in [1.165, 1.54) is 22.9 Å². The number of aliphatic imine (C=N–C) groups is 1. The second-order valence-corrected chi connectivity index (χ2v) is 10.2. The number of nitrogens with one attached hydrogen (secondary N) is 2. The molecular formula is C28H29F3N6O2. The Morgan fingerprint density at radius 1 is 1.13 bits per heavy atom. The molecular weight excluding hydrogens is 509 g/mol. The average Bonchev–Trinajstić information content (AvgIpc) is 3.55. The molecule has 5 rings (SSSR count). The van der Waals surface area contributed by atoms with E-state index < -0.39 is 11.9 Å². The number of imidazole rings is 1. The second-order valence-electron chi connectivity index (χ2n) is 10.2. The first-order valence-electron chi connectivity index (χ1n) is 12.9. The quantitative estimate of drug-likeness (QED) is 0.425. The van der Waals surface area contributed by atoms with E-state index in [4.69, 9.17) is 0 Å². The van der Waals surface area contributed by atoms with Gasteiger partial charge in [-0.05, 0) is 49.4 Å². The Morgan fingerprint density at radius 3 is 2.62 bits per heavy atom. The third kappa shape index (κ3) is 5.57. The summed E-state index contributed by atoms with van der Waals surface area (Å²) >= 11 is 0. The third-order valence-corrected chi connectivity index (χ3v) is 7.40. The lowest BCUT2D eigenvalue weighted by atomic mass is 9.81. The highest BCUT2D eigenvalue weighted by Gasteiger charge is 2.40. The summed E-state index contributed by atoms with van der Waals surface area (Å²) in [5, 5.41) is 5.90. The van der Waals surface area contributed by atoms with E-state index in [0.29, 0.717) is 34.2 Å². The van der Waals surface area contributed by atoms with Gasteiger partial charge in [-0.25, -0.2) is 9.97 Å². The number of aryl methyl sites for hydroxylation is 1. The Bertz CT molecular complexity index is 1480. The molecule has 0 unspecified atom stereocenters. The molecule has 2 N–H and O–H groups in total. The van der Waals surface area contributed by atoms with Crippen LogP contribution in [-0.2, 0) is 4.79 Å². The van der Waals surface area contributed by atoms with E-state index in [-0.39, 0.29) is 42.0 Å². The minimum atomic E-state index is -4.56. The molecule has 204 valence electrons. The van der Waals surface area contributed by atoms with Gasteiger partial charge in [0, 0.05) is 35.1 Å². The molecule has 1 fully saturated rings. The van der Waals surface area contributed by atoms with E-state index in [1.807, 2.05) is 0 Å². The molecule has 0 radical (unpaired) electrons. The molecule has 0 atom stereocenters. The standard InChI is InChI=1S/C28H29F3N6O2/c1-16-3-5-18(6-4-16)23(38)15-35-27(39)20-8-7-19(13-17(20)2)36-25-26-34-14-22(37(26)12-11-33-25)21-9-10-32-24(21)28(29,30)31/h7-9,11-14,16,18H,3-6,10,15H2,1-2H3,(H,33,36)(H,35,39). The van der Waals surface area contributed by atoms with Crippen LogP contribution in [0.15, 0.2) is 47.9 Å². The maximum atomic E-state index is 13.4. The third-order valence-electron chi connectivity index (χ3n) is 7.40. The molecule has 1 aliphatic carbocycles. The number of carbonyl (C=O) groups excluding carboxylic acids is 2. The van der Waals surface area contributed by atoms with Crippen LogP contribution < -0.4 is 10.6 Å². The lowest BCUT2D eigenvalue weighted by Gasteiger charge is -2.25. The van der Waals surface area contributed by atoms with Crippen molar-refractivity contribution in [2.24, 2.45) is 16.8 Å². The van der Waals surface area contributed by atoms with Crippen molar-refractivity contribution >= 4 is 40.1 Å². The molecule has 2 aromatic heterocycles. The smallest absolute Gasteiger partial charge is 0.345 e. The molecule has 1 aliphatic heterocycles. The zero-order valence-electron chi connectivity index (χ0n) is 21.7. The van der Waals surface area contributed by atoms with Crippen molar-refractivity contribution in [3.05, 3.63) is 59.7 Å². The van der Waals surface area contributed by atoms with E-state index in [9.17, 15) is 22.8 Å². The molecule has 1 saturated carbocycles. The first-order chi connectivity index (χ1) is 18.6. The van der Waals surface area contributed by atoms with E-state index in [1.54, 1.807) is 31.3 Å². The lowest BCUT2D eigenvalue weighted by Crippen LogP contribution is -2.34. The van der Waals surface area contributed by atoms with Crippen molar-refractivity contribution in [1.29, 1.82) is 0 Å². The zero-order valence-corrected chi connectivity index (χ0v) is 21.7. The van der Waals surface area contributed by atoms with Crippen molar-refractivity contribution in [1.82, 2.24) is 19.7 Å². The summed E-state index contributed by atoms with van der Waals surface area (Å²) in [6, 6.07) is 5.13. The first-order valence-corrected chi connectivity index (χ1v) is 12.9. The molecule has 0 bridgehead atoms. The van der Waals surface area contributed by atoms with Crippen LogP contribution in [0.2, 0.25) is 0 Å². The van der Waals surface area contributed by atoms with Crippen molar-refractivity contribution in [3.63, 3.8) is 0 Å². The van der Waals surface area contributed by atoms with Gasteiger partial charge in [0.1, 0.15) is 5.71 Å². The summed E-state index contributed by atoms with van der Waals surface area (Å²) in [7, 11) is 0. The number of Topliss-reactive ketones (excluding diaryl/α,β-unsaturated/α-hetero) is 1. The Labute approximate surface area is 223 Å². The van der Waals surface area contributed by atoms with Crippen LogP contribution in [0.5, 0.6) is 0 Å². The number of rotatable bonds is 7. The van der Waals surface area contributed by atoms with Crippen molar-refractivity contribution in [2.75, 3.05) is 18.4 Å². The van der Waals surface area contributed by atoms with Gasteiger partial charge in [-0.1, -0.05) is 25.8 Å². The van der Waals surface area contributed by atoms with Crippen LogP contribution in [0.1, 0.15) is 54.2 Å². The number of alkyl halides is 3. The number of nitrogens with zero attached hydrogens (tertiary/aromatic N) is 4. The number of carbonyl (C=O) groups is 2. The number of benzene rings is 1. The number of hydrogen-bond donors (Lipinski definition) is 2. The van der Waals surface area contributed by atoms with Crippen molar-refractivity contribution in [3.8, 4) is 0 Å². The normalized spacial score (nSPS) is 19.5. The molecule has 2 aliphatic rings. The largest absolute Gasteiger partial charge is 0.433 e. The summed E-state index contributed by atoms with van der Waals surface area (Å²) in [5.41, 5.74) is 1.44. The van der Waals surface area contributed by atoms with Crippen LogP contribution in [0.25, 0.3) is 11.2 Å². The summed E-state index contributed by atoms with van der Waals surface area (Å²) in [4.78, 5) is 37.5. The zero-order chi connectivity index (χ0) is 27.7. The van der Waals surface area contributed by atoms with Gasteiger partial charge in [0.2, 0.25) is 0 Å². The predicted octanol–water partition coefficient (Wildman–Crippen LogP) is 5.31. The van der Waals surface area contributed by atoms with Gasteiger partial charge in [-0.2, -0.15) is 13.2 Å². The lowest BCUT2D eigenvalue weighted by molar-refractivity contribution is -0.123. The van der Waals surface area contributed by atoms with Gasteiger partial charge in [0.15, 0.2) is 17.2 Å². The van der Waals surface area contributed by atoms with Crippen LogP contribution in [0.4, 0.5) is 24.7 Å². The van der Waals surface area contributed by atoms with E-state index >= 15 is 0 Å². The summed E-state index contributed by atoms with van der Waals surface area (Å²) in [6.07, 6.45) is 5.09. The molecule has 3 heterocycles. The summed E-state index contributed by atoms with van der Waals surface area (Å²) in [5.74, 6) is 0.771. The fraction of sp³-hybridized carbons (Fsp3) is 0.393. The van der Waals surface area contributed by atoms with Gasteiger partial charge in [-0.3, -0.25) is 19.0 Å². The fourth-order valence-electron chi connectivity index (χ4n) is 5.21. The van der Waals surface area contributed by atoms with E-state index in [2.05, 4.69) is 32.5 Å². The highest BCUT2D eigenvalue weighted by molar-refractivity contribution is 6.27. The maximum Gasteiger partial charge on any atom is 0.433 e. The Hall–Kier alpha value is -4.02. The van der Waals surface area contributed by atoms with Crippen LogP contribution >= 0.6 is 0 Å². The number of amides is 1. The number of ketones is 1. The maximum absolute atomic E-state index is 13.4. The highest BCUT2D eigenvalue weighted by Crippen LogP contribution is 2.33. The van der Waals surface area contributed by atoms with E-state index in [0.717, 1.165) is 25.7 Å². The Morgan fingerprint density at radius 2 is 1.90 bits per heavy atom. The van der Waals surface area contributed by atoms with Gasteiger partial charge in [-0.15, -0.1) is 0 Å². The van der Waals surface area contributed by atoms with Crippen molar-refractivity contribution < 1.29 is 22.8 Å². The van der Waals surface area contributed by atoms with Crippen LogP contribution in [0, 0.1) is 18.8 Å². The molecule has 39 heavy (non-hydrogen) atoms. The number of halogens is 3. The molecule has 3 aromatic rings. The first kappa shape index (κ1) is 26.6. The SMILES string of the molecule is Cc1cc(Nc2nccn3c(C4=CCN=C4C(F)(F)F)cnc23)ccc1C(=O)NCC(=O)C1CCC(C)CC1. The fourth-order valence-corrected chi connectivity index (χ4v) is 5.21. The number of anilines is 2. The topological polar surface area (TPSA) is 101 Å². The summed E-state index contributed by atoms with van der Waals surface area (Å²) in [6.45, 7) is 3.96. The minimum Gasteiger partial charge on any atom is -0.345 e.